The Hall–Kier alpha value is -0.860. The van der Waals surface area contributed by atoms with Crippen LogP contribution in [0.4, 0.5) is 0 Å². The van der Waals surface area contributed by atoms with Crippen LogP contribution in [0.25, 0.3) is 0 Å². The fourth-order valence-corrected chi connectivity index (χ4v) is 1.09. The average molecular weight is 179 g/mol. The molecule has 1 aromatic rings. The Bertz CT molecular complexity index is 223. The number of hydrogen-bond acceptors (Lipinski definition) is 2. The van der Waals surface area contributed by atoms with E-state index in [9.17, 15) is 0 Å². The third kappa shape index (κ3) is 4.06. The number of rotatable bonds is 5. The average Bonchev–Trinajstić information content (AvgIpc) is 2.19. The van der Waals surface area contributed by atoms with Gasteiger partial charge in [0.05, 0.1) is 6.61 Å². The van der Waals surface area contributed by atoms with Crippen molar-refractivity contribution in [1.29, 1.82) is 0 Å². The standard InChI is InChI=1S/C11H17NO/c1-2-11(12)13-9-8-10-6-4-3-5-7-10/h3-7,11H,2,8-9,12H2,1H3. The lowest BCUT2D eigenvalue weighted by Gasteiger charge is -2.09. The minimum absolute atomic E-state index is 0.108. The van der Waals surface area contributed by atoms with Gasteiger partial charge in [-0.3, -0.25) is 0 Å². The molecule has 0 heterocycles. The van der Waals surface area contributed by atoms with E-state index < -0.39 is 0 Å². The molecule has 0 aromatic heterocycles. The molecule has 2 nitrogen and oxygen atoms in total. The zero-order valence-corrected chi connectivity index (χ0v) is 8.07. The summed E-state index contributed by atoms with van der Waals surface area (Å²) in [5.41, 5.74) is 6.91. The van der Waals surface area contributed by atoms with E-state index in [0.29, 0.717) is 6.61 Å². The number of benzene rings is 1. The fraction of sp³-hybridized carbons (Fsp3) is 0.455. The summed E-state index contributed by atoms with van der Waals surface area (Å²) in [6, 6.07) is 10.3. The normalized spacial score (nSPS) is 12.8. The Morgan fingerprint density at radius 3 is 2.62 bits per heavy atom. The zero-order chi connectivity index (χ0) is 9.52. The van der Waals surface area contributed by atoms with Crippen molar-refractivity contribution in [2.75, 3.05) is 6.61 Å². The van der Waals surface area contributed by atoms with Crippen LogP contribution in [0.5, 0.6) is 0 Å². The first-order chi connectivity index (χ1) is 6.33. The molecule has 72 valence electrons. The van der Waals surface area contributed by atoms with E-state index in [2.05, 4.69) is 12.1 Å². The van der Waals surface area contributed by atoms with Crippen LogP contribution >= 0.6 is 0 Å². The summed E-state index contributed by atoms with van der Waals surface area (Å²) in [4.78, 5) is 0. The summed E-state index contributed by atoms with van der Waals surface area (Å²) < 4.78 is 5.37. The molecule has 1 rings (SSSR count). The molecular formula is C11H17NO. The second-order valence-electron chi connectivity index (χ2n) is 3.05. The van der Waals surface area contributed by atoms with Gasteiger partial charge < -0.3 is 10.5 Å². The maximum atomic E-state index is 5.61. The zero-order valence-electron chi connectivity index (χ0n) is 8.07. The third-order valence-corrected chi connectivity index (χ3v) is 1.97. The van der Waals surface area contributed by atoms with Crippen molar-refractivity contribution in [3.63, 3.8) is 0 Å². The van der Waals surface area contributed by atoms with Crippen LogP contribution in [-0.4, -0.2) is 12.8 Å². The van der Waals surface area contributed by atoms with Crippen LogP contribution in [0.1, 0.15) is 18.9 Å². The lowest BCUT2D eigenvalue weighted by Crippen LogP contribution is -2.23. The van der Waals surface area contributed by atoms with Crippen LogP contribution in [0.15, 0.2) is 30.3 Å². The maximum Gasteiger partial charge on any atom is 0.105 e. The van der Waals surface area contributed by atoms with Crippen molar-refractivity contribution in [1.82, 2.24) is 0 Å². The predicted molar refractivity (Wildman–Crippen MR) is 54.4 cm³/mol. The molecule has 1 atom stereocenters. The smallest absolute Gasteiger partial charge is 0.105 e. The van der Waals surface area contributed by atoms with E-state index in [1.165, 1.54) is 5.56 Å². The van der Waals surface area contributed by atoms with Gasteiger partial charge in [0.1, 0.15) is 6.23 Å². The van der Waals surface area contributed by atoms with Crippen molar-refractivity contribution in [3.05, 3.63) is 35.9 Å². The van der Waals surface area contributed by atoms with Gasteiger partial charge in [0.25, 0.3) is 0 Å². The van der Waals surface area contributed by atoms with E-state index in [-0.39, 0.29) is 6.23 Å². The topological polar surface area (TPSA) is 35.2 Å². The van der Waals surface area contributed by atoms with Gasteiger partial charge in [-0.15, -0.1) is 0 Å². The molecular weight excluding hydrogens is 162 g/mol. The third-order valence-electron chi connectivity index (χ3n) is 1.97. The monoisotopic (exact) mass is 179 g/mol. The molecule has 1 aromatic carbocycles. The highest BCUT2D eigenvalue weighted by Gasteiger charge is 1.97. The molecule has 0 fully saturated rings. The number of hydrogen-bond donors (Lipinski definition) is 1. The molecule has 2 N–H and O–H groups in total. The molecule has 0 spiro atoms. The largest absolute Gasteiger partial charge is 0.363 e. The molecule has 0 saturated carbocycles. The highest BCUT2D eigenvalue weighted by atomic mass is 16.5. The fourth-order valence-electron chi connectivity index (χ4n) is 1.09. The molecule has 0 bridgehead atoms. The van der Waals surface area contributed by atoms with Crippen LogP contribution in [0.3, 0.4) is 0 Å². The van der Waals surface area contributed by atoms with E-state index in [1.807, 2.05) is 25.1 Å². The summed E-state index contributed by atoms with van der Waals surface area (Å²) in [6.07, 6.45) is 1.70. The van der Waals surface area contributed by atoms with E-state index in [1.54, 1.807) is 0 Å². The first kappa shape index (κ1) is 10.2. The second-order valence-corrected chi connectivity index (χ2v) is 3.05. The van der Waals surface area contributed by atoms with Gasteiger partial charge in [0, 0.05) is 0 Å². The van der Waals surface area contributed by atoms with Gasteiger partial charge in [0.15, 0.2) is 0 Å². The first-order valence-corrected chi connectivity index (χ1v) is 4.74. The molecule has 1 unspecified atom stereocenters. The molecule has 13 heavy (non-hydrogen) atoms. The summed E-state index contributed by atoms with van der Waals surface area (Å²) in [7, 11) is 0. The Morgan fingerprint density at radius 1 is 1.31 bits per heavy atom. The lowest BCUT2D eigenvalue weighted by atomic mass is 10.2. The Morgan fingerprint density at radius 2 is 2.00 bits per heavy atom. The minimum Gasteiger partial charge on any atom is -0.363 e. The van der Waals surface area contributed by atoms with Crippen LogP contribution in [0, 0.1) is 0 Å². The summed E-state index contributed by atoms with van der Waals surface area (Å²) in [5.74, 6) is 0. The SMILES string of the molecule is CCC(N)OCCc1ccccc1. The first-order valence-electron chi connectivity index (χ1n) is 4.74. The van der Waals surface area contributed by atoms with Crippen molar-refractivity contribution in [3.8, 4) is 0 Å². The highest BCUT2D eigenvalue weighted by Crippen LogP contribution is 2.00. The van der Waals surface area contributed by atoms with Gasteiger partial charge in [-0.25, -0.2) is 0 Å². The molecule has 0 radical (unpaired) electrons. The summed E-state index contributed by atoms with van der Waals surface area (Å²) in [6.45, 7) is 2.73. The van der Waals surface area contributed by atoms with Gasteiger partial charge in [0.2, 0.25) is 0 Å². The molecule has 0 saturated heterocycles. The Labute approximate surface area is 79.7 Å². The van der Waals surface area contributed by atoms with Crippen molar-refractivity contribution in [2.24, 2.45) is 5.73 Å². The molecule has 0 aliphatic rings. The van der Waals surface area contributed by atoms with Crippen LogP contribution in [-0.2, 0) is 11.2 Å². The summed E-state index contributed by atoms with van der Waals surface area (Å²) in [5, 5.41) is 0. The number of ether oxygens (including phenoxy) is 1. The minimum atomic E-state index is -0.108. The van der Waals surface area contributed by atoms with Crippen LogP contribution in [0.2, 0.25) is 0 Å². The highest BCUT2D eigenvalue weighted by molar-refractivity contribution is 5.14. The number of nitrogens with two attached hydrogens (primary N) is 1. The maximum absolute atomic E-state index is 5.61. The quantitative estimate of drug-likeness (QED) is 0.701. The molecule has 0 aliphatic heterocycles. The summed E-state index contributed by atoms with van der Waals surface area (Å²) >= 11 is 0. The van der Waals surface area contributed by atoms with Gasteiger partial charge >= 0.3 is 0 Å². The van der Waals surface area contributed by atoms with Gasteiger partial charge in [-0.2, -0.15) is 0 Å². The Kier molecular flexibility index (Phi) is 4.50. The molecule has 2 heteroatoms. The molecule has 0 amide bonds. The predicted octanol–water partition coefficient (Wildman–Crippen LogP) is 1.94. The second kappa shape index (κ2) is 5.73. The van der Waals surface area contributed by atoms with Crippen LogP contribution < -0.4 is 5.73 Å². The van der Waals surface area contributed by atoms with E-state index in [0.717, 1.165) is 12.8 Å². The van der Waals surface area contributed by atoms with E-state index >= 15 is 0 Å². The van der Waals surface area contributed by atoms with Crippen molar-refractivity contribution in [2.45, 2.75) is 26.0 Å². The van der Waals surface area contributed by atoms with E-state index in [4.69, 9.17) is 10.5 Å². The van der Waals surface area contributed by atoms with Gasteiger partial charge in [-0.1, -0.05) is 37.3 Å². The Balaban J connectivity index is 2.20. The molecule has 0 aliphatic carbocycles. The van der Waals surface area contributed by atoms with Crippen molar-refractivity contribution >= 4 is 0 Å². The van der Waals surface area contributed by atoms with Gasteiger partial charge in [-0.05, 0) is 18.4 Å². The van der Waals surface area contributed by atoms with Crippen molar-refractivity contribution < 1.29 is 4.74 Å². The lowest BCUT2D eigenvalue weighted by molar-refractivity contribution is 0.0575.